The van der Waals surface area contributed by atoms with E-state index in [4.69, 9.17) is 0 Å². The molecule has 164 valence electrons. The van der Waals surface area contributed by atoms with Crippen LogP contribution in [0.2, 0.25) is 0 Å². The minimum atomic E-state index is -0.100. The molecule has 0 bridgehead atoms. The van der Waals surface area contributed by atoms with Crippen molar-refractivity contribution in [1.29, 1.82) is 0 Å². The summed E-state index contributed by atoms with van der Waals surface area (Å²) in [5.41, 5.74) is 3.42. The number of hydrogen-bond acceptors (Lipinski definition) is 4. The van der Waals surface area contributed by atoms with Crippen molar-refractivity contribution >= 4 is 23.3 Å². The number of carbonyl (C=O) groups excluding carboxylic acids is 2. The van der Waals surface area contributed by atoms with Crippen LogP contribution in [0.1, 0.15) is 68.2 Å². The largest absolute Gasteiger partial charge is 0.363 e. The van der Waals surface area contributed by atoms with Crippen LogP contribution in [-0.2, 0) is 4.79 Å². The smallest absolute Gasteiger partial charge is 0.251 e. The second-order valence-corrected chi connectivity index (χ2v) is 9.26. The van der Waals surface area contributed by atoms with Gasteiger partial charge in [-0.05, 0) is 75.4 Å². The monoisotopic (exact) mass is 420 g/mol. The number of hydrogen-bond donors (Lipinski definition) is 2. The molecule has 31 heavy (non-hydrogen) atoms. The molecule has 0 saturated heterocycles. The standard InChI is InChI=1S/C25H32N4O2/c1-14(2)26-25(31)19-11-12-21-20(13-19)23(28-22-8-6-7-15(3)27-22)16(4)24(18-9-10-18)29(21)17(5)30/h6-8,11-14,16,18,23-24H,9-10H2,1-5H3,(H,26,31)(H,27,28)/t16-,23-,24-/m1/s1. The number of nitrogens with one attached hydrogen (secondary N) is 2. The SMILES string of the molecule is CC(=O)N1c2ccc(C(=O)NC(C)C)cc2[C@H](Nc2cccc(C)n2)[C@@H](C)[C@@H]1C1CC1. The fourth-order valence-corrected chi connectivity index (χ4v) is 4.84. The lowest BCUT2D eigenvalue weighted by Crippen LogP contribution is -2.51. The lowest BCUT2D eigenvalue weighted by Gasteiger charge is -2.46. The van der Waals surface area contributed by atoms with Crippen LogP contribution in [0.4, 0.5) is 11.5 Å². The molecule has 0 unspecified atom stereocenters. The van der Waals surface area contributed by atoms with Gasteiger partial charge in [-0.1, -0.05) is 13.0 Å². The fourth-order valence-electron chi connectivity index (χ4n) is 4.84. The normalized spacial score (nSPS) is 22.8. The number of nitrogens with zero attached hydrogens (tertiary/aromatic N) is 2. The zero-order valence-corrected chi connectivity index (χ0v) is 19.0. The van der Waals surface area contributed by atoms with E-state index in [0.717, 1.165) is 35.6 Å². The van der Waals surface area contributed by atoms with Crippen molar-refractivity contribution in [3.8, 4) is 0 Å². The Labute approximate surface area is 184 Å². The number of amides is 2. The Hall–Kier alpha value is -2.89. The van der Waals surface area contributed by atoms with E-state index in [1.165, 1.54) is 0 Å². The summed E-state index contributed by atoms with van der Waals surface area (Å²) < 4.78 is 0. The molecule has 6 nitrogen and oxygen atoms in total. The maximum Gasteiger partial charge on any atom is 0.251 e. The van der Waals surface area contributed by atoms with Gasteiger partial charge in [-0.25, -0.2) is 4.98 Å². The molecule has 0 radical (unpaired) electrons. The Morgan fingerprint density at radius 3 is 2.52 bits per heavy atom. The van der Waals surface area contributed by atoms with Gasteiger partial charge >= 0.3 is 0 Å². The lowest BCUT2D eigenvalue weighted by atomic mass is 9.79. The number of anilines is 2. The summed E-state index contributed by atoms with van der Waals surface area (Å²) in [5.74, 6) is 1.46. The topological polar surface area (TPSA) is 74.3 Å². The zero-order chi connectivity index (χ0) is 22.3. The van der Waals surface area contributed by atoms with Gasteiger partial charge in [0.1, 0.15) is 5.82 Å². The Morgan fingerprint density at radius 1 is 1.16 bits per heavy atom. The van der Waals surface area contributed by atoms with Crippen molar-refractivity contribution in [3.05, 3.63) is 53.2 Å². The summed E-state index contributed by atoms with van der Waals surface area (Å²) >= 11 is 0. The highest BCUT2D eigenvalue weighted by molar-refractivity contribution is 5.98. The van der Waals surface area contributed by atoms with Crippen molar-refractivity contribution in [2.24, 2.45) is 11.8 Å². The molecule has 2 aliphatic rings. The van der Waals surface area contributed by atoms with Crippen LogP contribution in [0.5, 0.6) is 0 Å². The maximum absolute atomic E-state index is 12.7. The molecule has 2 N–H and O–H groups in total. The third-order valence-corrected chi connectivity index (χ3v) is 6.30. The van der Waals surface area contributed by atoms with Gasteiger partial charge in [-0.3, -0.25) is 9.59 Å². The number of aromatic nitrogens is 1. The molecule has 2 amide bonds. The summed E-state index contributed by atoms with van der Waals surface area (Å²) in [6.45, 7) is 9.72. The van der Waals surface area contributed by atoms with E-state index in [1.54, 1.807) is 6.92 Å². The number of pyridine rings is 1. The highest BCUT2D eigenvalue weighted by atomic mass is 16.2. The number of fused-ring (bicyclic) bond motifs is 1. The molecule has 2 aromatic rings. The Bertz CT molecular complexity index is 999. The fraction of sp³-hybridized carbons (Fsp3) is 0.480. The third kappa shape index (κ3) is 4.29. The van der Waals surface area contributed by atoms with Crippen LogP contribution < -0.4 is 15.5 Å². The molecular weight excluding hydrogens is 388 g/mol. The van der Waals surface area contributed by atoms with Crippen molar-refractivity contribution in [3.63, 3.8) is 0 Å². The molecule has 4 rings (SSSR count). The predicted octanol–water partition coefficient (Wildman–Crippen LogP) is 4.46. The summed E-state index contributed by atoms with van der Waals surface area (Å²) in [5, 5.41) is 6.59. The molecule has 0 spiro atoms. The summed E-state index contributed by atoms with van der Waals surface area (Å²) in [6, 6.07) is 11.8. The second-order valence-electron chi connectivity index (χ2n) is 9.26. The van der Waals surface area contributed by atoms with Crippen LogP contribution in [-0.4, -0.2) is 28.9 Å². The molecule has 1 saturated carbocycles. The van der Waals surface area contributed by atoms with E-state index in [1.807, 2.05) is 62.1 Å². The molecule has 3 atom stereocenters. The van der Waals surface area contributed by atoms with E-state index in [-0.39, 0.29) is 35.9 Å². The Kier molecular flexibility index (Phi) is 5.73. The van der Waals surface area contributed by atoms with Gasteiger partial charge in [0, 0.05) is 41.9 Å². The van der Waals surface area contributed by atoms with Gasteiger partial charge in [0.15, 0.2) is 0 Å². The zero-order valence-electron chi connectivity index (χ0n) is 19.0. The molecular formula is C25H32N4O2. The van der Waals surface area contributed by atoms with Crippen LogP contribution in [0, 0.1) is 18.8 Å². The molecule has 2 heterocycles. The van der Waals surface area contributed by atoms with Crippen LogP contribution in [0.3, 0.4) is 0 Å². The summed E-state index contributed by atoms with van der Waals surface area (Å²) in [4.78, 5) is 32.0. The highest BCUT2D eigenvalue weighted by Gasteiger charge is 2.47. The summed E-state index contributed by atoms with van der Waals surface area (Å²) in [7, 11) is 0. The second kappa shape index (κ2) is 8.33. The van der Waals surface area contributed by atoms with Gasteiger partial charge in [0.05, 0.1) is 6.04 Å². The molecule has 6 heteroatoms. The van der Waals surface area contributed by atoms with Gasteiger partial charge in [-0.2, -0.15) is 0 Å². The highest BCUT2D eigenvalue weighted by Crippen LogP contribution is 2.50. The number of aryl methyl sites for hydroxylation is 1. The number of carbonyl (C=O) groups is 2. The maximum atomic E-state index is 12.7. The van der Waals surface area contributed by atoms with Gasteiger partial charge in [0.25, 0.3) is 5.91 Å². The van der Waals surface area contributed by atoms with Gasteiger partial charge in [-0.15, -0.1) is 0 Å². The molecule has 1 aromatic carbocycles. The van der Waals surface area contributed by atoms with Gasteiger partial charge in [0.2, 0.25) is 5.91 Å². The molecule has 1 aromatic heterocycles. The quantitative estimate of drug-likeness (QED) is 0.749. The van der Waals surface area contributed by atoms with E-state index >= 15 is 0 Å². The number of benzene rings is 1. The van der Waals surface area contributed by atoms with E-state index in [0.29, 0.717) is 11.5 Å². The predicted molar refractivity (Wildman–Crippen MR) is 123 cm³/mol. The van der Waals surface area contributed by atoms with Crippen molar-refractivity contribution in [2.45, 2.75) is 65.6 Å². The van der Waals surface area contributed by atoms with Crippen molar-refractivity contribution < 1.29 is 9.59 Å². The van der Waals surface area contributed by atoms with Crippen molar-refractivity contribution in [1.82, 2.24) is 10.3 Å². The van der Waals surface area contributed by atoms with E-state index < -0.39 is 0 Å². The minimum Gasteiger partial charge on any atom is -0.363 e. The molecule has 1 aliphatic heterocycles. The summed E-state index contributed by atoms with van der Waals surface area (Å²) in [6.07, 6.45) is 2.30. The first-order valence-corrected chi connectivity index (χ1v) is 11.2. The Balaban J connectivity index is 1.80. The van der Waals surface area contributed by atoms with Gasteiger partial charge < -0.3 is 15.5 Å². The average molecular weight is 421 g/mol. The van der Waals surface area contributed by atoms with E-state index in [9.17, 15) is 9.59 Å². The first-order valence-electron chi connectivity index (χ1n) is 11.2. The van der Waals surface area contributed by atoms with Crippen LogP contribution in [0.25, 0.3) is 0 Å². The first-order chi connectivity index (χ1) is 14.8. The lowest BCUT2D eigenvalue weighted by molar-refractivity contribution is -0.117. The third-order valence-electron chi connectivity index (χ3n) is 6.30. The Morgan fingerprint density at radius 2 is 1.90 bits per heavy atom. The number of rotatable bonds is 5. The van der Waals surface area contributed by atoms with Crippen LogP contribution in [0.15, 0.2) is 36.4 Å². The average Bonchev–Trinajstić information content (AvgIpc) is 3.53. The van der Waals surface area contributed by atoms with Crippen molar-refractivity contribution in [2.75, 3.05) is 10.2 Å². The molecule has 1 fully saturated rings. The van der Waals surface area contributed by atoms with Crippen LogP contribution >= 0.6 is 0 Å². The van der Waals surface area contributed by atoms with E-state index in [2.05, 4.69) is 22.5 Å². The minimum absolute atomic E-state index is 0.0442. The molecule has 1 aliphatic carbocycles. The first kappa shape index (κ1) is 21.3.